The van der Waals surface area contributed by atoms with Gasteiger partial charge in [-0.3, -0.25) is 0 Å². The van der Waals surface area contributed by atoms with Crippen molar-refractivity contribution in [2.24, 2.45) is 0 Å². The van der Waals surface area contributed by atoms with Crippen LogP contribution in [0.15, 0.2) is 0 Å². The molecule has 0 rings (SSSR count). The third kappa shape index (κ3) is 22.5. The van der Waals surface area contributed by atoms with Crippen LogP contribution in [0.3, 0.4) is 0 Å². The van der Waals surface area contributed by atoms with Crippen LogP contribution in [0.5, 0.6) is 0 Å². The molecule has 0 heterocycles. The molecule has 0 aliphatic carbocycles. The minimum Gasteiger partial charge on any atom is 0 e. The quantitative estimate of drug-likeness (QED) is 0.210. The molecule has 0 atom stereocenters. The zero-order chi connectivity index (χ0) is 2.00. The van der Waals surface area contributed by atoms with E-state index in [4.69, 9.17) is 0 Å². The molecule has 0 saturated carbocycles. The maximum Gasteiger partial charge on any atom is 0 e. The fourth-order valence-corrected chi connectivity index (χ4v) is 0. The first kappa shape index (κ1) is 29.5. The predicted octanol–water partition coefficient (Wildman–Crippen LogP) is -1.98. The molecule has 0 saturated heterocycles. The minimum atomic E-state index is 0. The summed E-state index contributed by atoms with van der Waals surface area (Å²) < 4.78 is 0. The first-order valence-corrected chi connectivity index (χ1v) is 17.0. The minimum absolute atomic E-state index is 0. The van der Waals surface area contributed by atoms with Gasteiger partial charge in [0.15, 0.2) is 0 Å². The SMILES string of the molecule is [CaH2].[Ce].[InH2][I].[NaH].[Tl]. The first-order chi connectivity index (χ1) is 1.00. The summed E-state index contributed by atoms with van der Waals surface area (Å²) in [6, 6.07) is 0. The normalized spacial score (nSPS) is 0.833. The van der Waals surface area contributed by atoms with Crippen molar-refractivity contribution in [2.75, 3.05) is 0 Å². The molecule has 0 amide bonds. The molecule has 0 aliphatic heterocycles. The smallest absolute Gasteiger partial charge is 0 e. The molecule has 0 bridgehead atoms. The number of hydrogen-bond acceptors (Lipinski definition) is 0. The van der Waals surface area contributed by atoms with Crippen LogP contribution in [-0.4, -0.2) is 115 Å². The monoisotopic (exact) mass is 655 g/mol. The van der Waals surface area contributed by atoms with Crippen molar-refractivity contribution in [3.8, 4) is 0 Å². The van der Waals surface area contributed by atoms with Gasteiger partial charge in [0.05, 0.1) is 0 Å². The van der Waals surface area contributed by atoms with Crippen LogP contribution in [0.1, 0.15) is 0 Å². The second-order valence-corrected chi connectivity index (χ2v) is 0. The average Bonchev–Trinajstić information content (AvgIpc) is 1.00. The van der Waals surface area contributed by atoms with E-state index in [0.29, 0.717) is 0 Å². The van der Waals surface area contributed by atoms with Crippen molar-refractivity contribution in [1.29, 1.82) is 0 Å². The van der Waals surface area contributed by atoms with Crippen molar-refractivity contribution < 1.29 is 41.7 Å². The first-order valence-electron chi connectivity index (χ1n) is 0.378. The molecule has 0 aromatic heterocycles. The molecule has 0 N–H and O–H groups in total. The Morgan fingerprint density at radius 3 is 1.17 bits per heavy atom. The van der Waals surface area contributed by atoms with Gasteiger partial charge in [0.25, 0.3) is 0 Å². The van der Waals surface area contributed by atoms with E-state index < -0.39 is 0 Å². The number of halogens is 1. The van der Waals surface area contributed by atoms with Crippen LogP contribution in [-0.2, 0) is 0 Å². The van der Waals surface area contributed by atoms with Crippen LogP contribution >= 0.6 is 18.1 Å². The van der Waals surface area contributed by atoms with Gasteiger partial charge in [-0.25, -0.2) is 0 Å². The van der Waals surface area contributed by atoms with E-state index in [9.17, 15) is 0 Å². The van der Waals surface area contributed by atoms with Gasteiger partial charge >= 0.3 is 106 Å². The summed E-state index contributed by atoms with van der Waals surface area (Å²) in [6.07, 6.45) is 0. The summed E-state index contributed by atoms with van der Waals surface area (Å²) in [5.74, 6) is 0. The largest absolute Gasteiger partial charge is 0 e. The Bertz CT molecular complexity index is 15.5. The van der Waals surface area contributed by atoms with Crippen molar-refractivity contribution in [3.63, 3.8) is 0 Å². The molecule has 6 heteroatoms. The van der Waals surface area contributed by atoms with Gasteiger partial charge in [0.1, 0.15) is 0 Å². The molecule has 0 nitrogen and oxygen atoms in total. The molecular weight excluding hydrogens is 649 g/mol. The summed E-state index contributed by atoms with van der Waals surface area (Å²) in [5.41, 5.74) is 0. The Balaban J connectivity index is -0.000000000833. The van der Waals surface area contributed by atoms with E-state index >= 15 is 0 Å². The molecule has 1 radical (unpaired) electrons. The fraction of sp³-hybridized carbons (Fsp3) is 0. The van der Waals surface area contributed by atoms with Crippen LogP contribution in [0.25, 0.3) is 0 Å². The van der Waals surface area contributed by atoms with Gasteiger partial charge < -0.3 is 0 Å². The van der Waals surface area contributed by atoms with Gasteiger partial charge in [0, 0.05) is 69.0 Å². The molecular formula is H5CaCeIInNaTl. The number of hydrogen-bond donors (Lipinski definition) is 0. The third-order valence-electron chi connectivity index (χ3n) is 0. The molecule has 0 unspecified atom stereocenters. The Morgan fingerprint density at radius 2 is 1.17 bits per heavy atom. The standard InChI is InChI=1S/Ca.Ce.HI.In.Na.Tl.5H/h;;1H;;;;;;;;/q;;;+1;;;;;;;/p-1. The van der Waals surface area contributed by atoms with E-state index in [1.165, 1.54) is 0 Å². The van der Waals surface area contributed by atoms with E-state index in [2.05, 4.69) is 18.1 Å². The summed E-state index contributed by atoms with van der Waals surface area (Å²) >= 11 is 3.28. The van der Waals surface area contributed by atoms with E-state index in [1.807, 2.05) is 0 Å². The zero-order valence-corrected chi connectivity index (χ0v) is 17.9. The van der Waals surface area contributed by atoms with Crippen LogP contribution in [0.2, 0.25) is 0 Å². The molecule has 0 aliphatic rings. The summed E-state index contributed by atoms with van der Waals surface area (Å²) in [5, 5.41) is 0. The predicted molar refractivity (Wildman–Crippen MR) is 44.0 cm³/mol. The molecule has 0 spiro atoms. The second-order valence-electron chi connectivity index (χ2n) is 0. The van der Waals surface area contributed by atoms with E-state index in [0.717, 1.165) is 20.2 Å². The van der Waals surface area contributed by atoms with Gasteiger partial charge in [-0.1, -0.05) is 0 Å². The maximum absolute atomic E-state index is 2.36. The molecule has 25 valence electrons. The van der Waals surface area contributed by atoms with Gasteiger partial charge in [-0.15, -0.1) is 0 Å². The Morgan fingerprint density at radius 1 is 1.17 bits per heavy atom. The van der Waals surface area contributed by atoms with Gasteiger partial charge in [-0.2, -0.15) is 0 Å². The molecule has 0 aromatic rings. The maximum atomic E-state index is 2.36. The Kier molecular flexibility index (Phi) is 149. The van der Waals surface area contributed by atoms with Crippen LogP contribution in [0.4, 0.5) is 0 Å². The Labute approximate surface area is 169 Å². The number of rotatable bonds is 0. The third-order valence-corrected chi connectivity index (χ3v) is 0. The van der Waals surface area contributed by atoms with Gasteiger partial charge in [0.2, 0.25) is 0 Å². The summed E-state index contributed by atoms with van der Waals surface area (Å²) in [7, 11) is 0. The van der Waals surface area contributed by atoms with Crippen molar-refractivity contribution in [2.45, 2.75) is 0 Å². The molecule has 6 heavy (non-hydrogen) atoms. The van der Waals surface area contributed by atoms with Crippen molar-refractivity contribution in [3.05, 3.63) is 0 Å². The fourth-order valence-electron chi connectivity index (χ4n) is 0. The van der Waals surface area contributed by atoms with Crippen molar-refractivity contribution in [1.82, 2.24) is 0 Å². The van der Waals surface area contributed by atoms with Crippen LogP contribution in [0, 0.1) is 41.7 Å². The second kappa shape index (κ2) is 30.4. The summed E-state index contributed by atoms with van der Waals surface area (Å²) in [4.78, 5) is 0. The van der Waals surface area contributed by atoms with E-state index in [-0.39, 0.29) is 136 Å². The molecule has 0 aromatic carbocycles. The Hall–Kier alpha value is 6.16. The summed E-state index contributed by atoms with van der Waals surface area (Å²) in [6.45, 7) is 0. The topological polar surface area (TPSA) is 0 Å². The average molecular weight is 654 g/mol. The van der Waals surface area contributed by atoms with Crippen LogP contribution < -0.4 is 0 Å². The molecule has 0 fully saturated rings. The van der Waals surface area contributed by atoms with Crippen molar-refractivity contribution >= 4 is 133 Å². The van der Waals surface area contributed by atoms with Gasteiger partial charge in [-0.05, 0) is 0 Å². The van der Waals surface area contributed by atoms with E-state index in [1.54, 1.807) is 0 Å². The zero-order valence-electron chi connectivity index (χ0n) is 2.46.